The van der Waals surface area contributed by atoms with Gasteiger partial charge < -0.3 is 9.64 Å². The van der Waals surface area contributed by atoms with Crippen molar-refractivity contribution >= 4 is 21.8 Å². The van der Waals surface area contributed by atoms with Crippen LogP contribution in [0.4, 0.5) is 0 Å². The fourth-order valence-corrected chi connectivity index (χ4v) is 2.65. The van der Waals surface area contributed by atoms with Crippen molar-refractivity contribution in [3.8, 4) is 5.75 Å². The van der Waals surface area contributed by atoms with Gasteiger partial charge in [0.1, 0.15) is 5.75 Å². The summed E-state index contributed by atoms with van der Waals surface area (Å²) in [6.07, 6.45) is 0. The molecule has 1 heterocycles. The lowest BCUT2D eigenvalue weighted by Gasteiger charge is -2.18. The van der Waals surface area contributed by atoms with Crippen LogP contribution in [-0.2, 0) is 0 Å². The number of carbonyl (C=O) groups is 1. The highest BCUT2D eigenvalue weighted by Crippen LogP contribution is 2.28. The van der Waals surface area contributed by atoms with Gasteiger partial charge in [0.2, 0.25) is 0 Å². The van der Waals surface area contributed by atoms with E-state index in [4.69, 9.17) is 4.74 Å². The Bertz CT molecular complexity index is 451. The van der Waals surface area contributed by atoms with Gasteiger partial charge in [-0.1, -0.05) is 29.8 Å². The van der Waals surface area contributed by atoms with E-state index in [1.54, 1.807) is 7.11 Å². The molecule has 3 nitrogen and oxygen atoms in total. The molecule has 18 heavy (non-hydrogen) atoms. The van der Waals surface area contributed by atoms with Crippen molar-refractivity contribution in [1.82, 2.24) is 4.90 Å². The Kier molecular flexibility index (Phi) is 3.95. The van der Waals surface area contributed by atoms with Crippen LogP contribution in [-0.4, -0.2) is 31.0 Å². The van der Waals surface area contributed by atoms with Gasteiger partial charge in [-0.3, -0.25) is 4.79 Å². The number of rotatable bonds is 2. The van der Waals surface area contributed by atoms with Crippen molar-refractivity contribution in [2.24, 2.45) is 11.8 Å². The topological polar surface area (TPSA) is 29.5 Å². The summed E-state index contributed by atoms with van der Waals surface area (Å²) < 4.78 is 6.20. The van der Waals surface area contributed by atoms with Crippen LogP contribution in [0.3, 0.4) is 0 Å². The van der Waals surface area contributed by atoms with Crippen molar-refractivity contribution in [3.63, 3.8) is 0 Å². The molecule has 1 fully saturated rings. The van der Waals surface area contributed by atoms with Crippen molar-refractivity contribution in [3.05, 3.63) is 28.2 Å². The summed E-state index contributed by atoms with van der Waals surface area (Å²) in [6, 6.07) is 5.52. The minimum absolute atomic E-state index is 0.0653. The fraction of sp³-hybridized carbons (Fsp3) is 0.500. The number of halogens is 1. The Labute approximate surface area is 116 Å². The Hall–Kier alpha value is -1.03. The Morgan fingerprint density at radius 1 is 1.33 bits per heavy atom. The summed E-state index contributed by atoms with van der Waals surface area (Å²) in [5.41, 5.74) is 0.641. The normalized spacial score (nSPS) is 23.2. The third kappa shape index (κ3) is 2.53. The van der Waals surface area contributed by atoms with Gasteiger partial charge in [0.25, 0.3) is 5.91 Å². The first-order chi connectivity index (χ1) is 8.52. The molecule has 0 saturated carbocycles. The summed E-state index contributed by atoms with van der Waals surface area (Å²) in [4.78, 5) is 14.4. The number of benzene rings is 1. The van der Waals surface area contributed by atoms with Gasteiger partial charge >= 0.3 is 0 Å². The van der Waals surface area contributed by atoms with Crippen molar-refractivity contribution in [1.29, 1.82) is 0 Å². The summed E-state index contributed by atoms with van der Waals surface area (Å²) in [5, 5.41) is 0. The molecule has 1 aromatic carbocycles. The van der Waals surface area contributed by atoms with E-state index in [1.807, 2.05) is 23.1 Å². The Morgan fingerprint density at radius 3 is 2.50 bits per heavy atom. The third-order valence-corrected chi connectivity index (χ3v) is 4.16. The lowest BCUT2D eigenvalue weighted by molar-refractivity contribution is 0.0781. The zero-order valence-electron chi connectivity index (χ0n) is 10.9. The van der Waals surface area contributed by atoms with Gasteiger partial charge in [-0.05, 0) is 30.0 Å². The first kappa shape index (κ1) is 13.4. The quantitative estimate of drug-likeness (QED) is 0.839. The van der Waals surface area contributed by atoms with E-state index in [-0.39, 0.29) is 5.91 Å². The van der Waals surface area contributed by atoms with Gasteiger partial charge in [-0.15, -0.1) is 0 Å². The molecule has 1 amide bonds. The molecule has 0 N–H and O–H groups in total. The number of methoxy groups -OCH3 is 1. The first-order valence-corrected chi connectivity index (χ1v) is 6.95. The maximum absolute atomic E-state index is 12.5. The standard InChI is InChI=1S/C14H18BrNO2/c1-9-7-16(8-10(9)2)14(17)12-5-4-11(15)6-13(12)18-3/h4-6,9-10H,7-8H2,1-3H3. The molecule has 1 aromatic rings. The molecule has 0 aromatic heterocycles. The van der Waals surface area contributed by atoms with Gasteiger partial charge in [0, 0.05) is 17.6 Å². The summed E-state index contributed by atoms with van der Waals surface area (Å²) in [6.45, 7) is 6.05. The second-order valence-corrected chi connectivity index (χ2v) is 5.92. The largest absolute Gasteiger partial charge is 0.496 e. The number of likely N-dealkylation sites (tertiary alicyclic amines) is 1. The van der Waals surface area contributed by atoms with Crippen LogP contribution in [0.2, 0.25) is 0 Å². The van der Waals surface area contributed by atoms with Crippen LogP contribution < -0.4 is 4.74 Å². The van der Waals surface area contributed by atoms with Crippen LogP contribution in [0.15, 0.2) is 22.7 Å². The van der Waals surface area contributed by atoms with Crippen LogP contribution in [0.5, 0.6) is 5.75 Å². The minimum atomic E-state index is 0.0653. The van der Waals surface area contributed by atoms with E-state index in [9.17, 15) is 4.79 Å². The molecule has 0 bridgehead atoms. The van der Waals surface area contributed by atoms with Gasteiger partial charge in [0.05, 0.1) is 12.7 Å². The molecule has 1 aliphatic rings. The number of hydrogen-bond donors (Lipinski definition) is 0. The lowest BCUT2D eigenvalue weighted by atomic mass is 10.0. The summed E-state index contributed by atoms with van der Waals surface area (Å²) in [7, 11) is 1.59. The second-order valence-electron chi connectivity index (χ2n) is 5.01. The lowest BCUT2D eigenvalue weighted by Crippen LogP contribution is -2.29. The molecule has 1 saturated heterocycles. The van der Waals surface area contributed by atoms with E-state index in [2.05, 4.69) is 29.8 Å². The maximum atomic E-state index is 12.5. The molecule has 2 rings (SSSR count). The number of hydrogen-bond acceptors (Lipinski definition) is 2. The van der Waals surface area contributed by atoms with Gasteiger partial charge in [-0.2, -0.15) is 0 Å². The van der Waals surface area contributed by atoms with E-state index in [0.29, 0.717) is 23.1 Å². The average Bonchev–Trinajstić information content (AvgIpc) is 2.68. The average molecular weight is 312 g/mol. The number of ether oxygens (including phenoxy) is 1. The maximum Gasteiger partial charge on any atom is 0.257 e. The van der Waals surface area contributed by atoms with E-state index >= 15 is 0 Å². The molecule has 0 radical (unpaired) electrons. The van der Waals surface area contributed by atoms with Crippen molar-refractivity contribution in [2.75, 3.05) is 20.2 Å². The molecular formula is C14H18BrNO2. The fourth-order valence-electron chi connectivity index (χ4n) is 2.31. The second kappa shape index (κ2) is 5.31. The SMILES string of the molecule is COc1cc(Br)ccc1C(=O)N1CC(C)C(C)C1. The number of carbonyl (C=O) groups excluding carboxylic acids is 1. The van der Waals surface area contributed by atoms with E-state index < -0.39 is 0 Å². The highest BCUT2D eigenvalue weighted by atomic mass is 79.9. The number of amides is 1. The van der Waals surface area contributed by atoms with Crippen LogP contribution >= 0.6 is 15.9 Å². The van der Waals surface area contributed by atoms with Gasteiger partial charge in [-0.25, -0.2) is 0 Å². The summed E-state index contributed by atoms with van der Waals surface area (Å²) in [5.74, 6) is 1.82. The molecular weight excluding hydrogens is 294 g/mol. The molecule has 98 valence electrons. The van der Waals surface area contributed by atoms with Gasteiger partial charge in [0.15, 0.2) is 0 Å². The predicted octanol–water partition coefficient (Wildman–Crippen LogP) is 3.19. The van der Waals surface area contributed by atoms with Crippen LogP contribution in [0, 0.1) is 11.8 Å². The Balaban J connectivity index is 2.24. The smallest absolute Gasteiger partial charge is 0.257 e. The van der Waals surface area contributed by atoms with Crippen LogP contribution in [0.25, 0.3) is 0 Å². The molecule has 4 heteroatoms. The highest BCUT2D eigenvalue weighted by Gasteiger charge is 2.30. The predicted molar refractivity (Wildman–Crippen MR) is 74.9 cm³/mol. The summed E-state index contributed by atoms with van der Waals surface area (Å²) >= 11 is 3.38. The first-order valence-electron chi connectivity index (χ1n) is 6.15. The van der Waals surface area contributed by atoms with Crippen LogP contribution in [0.1, 0.15) is 24.2 Å². The molecule has 2 unspecified atom stereocenters. The molecule has 0 spiro atoms. The Morgan fingerprint density at radius 2 is 1.94 bits per heavy atom. The third-order valence-electron chi connectivity index (χ3n) is 3.67. The van der Waals surface area contributed by atoms with E-state index in [0.717, 1.165) is 17.6 Å². The van der Waals surface area contributed by atoms with E-state index in [1.165, 1.54) is 0 Å². The minimum Gasteiger partial charge on any atom is -0.496 e. The van der Waals surface area contributed by atoms with Crippen molar-refractivity contribution < 1.29 is 9.53 Å². The van der Waals surface area contributed by atoms with Crippen molar-refractivity contribution in [2.45, 2.75) is 13.8 Å². The zero-order chi connectivity index (χ0) is 13.3. The number of nitrogens with zero attached hydrogens (tertiary/aromatic N) is 1. The molecule has 0 aliphatic carbocycles. The zero-order valence-corrected chi connectivity index (χ0v) is 12.5. The monoisotopic (exact) mass is 311 g/mol. The molecule has 1 aliphatic heterocycles. The highest BCUT2D eigenvalue weighted by molar-refractivity contribution is 9.10. The molecule has 2 atom stereocenters.